The van der Waals surface area contributed by atoms with Crippen molar-refractivity contribution in [2.75, 3.05) is 13.1 Å². The minimum Gasteiger partial charge on any atom is -0.481 e. The van der Waals surface area contributed by atoms with Gasteiger partial charge in [0.05, 0.1) is 0 Å². The van der Waals surface area contributed by atoms with E-state index in [4.69, 9.17) is 5.11 Å². The molecule has 1 N–H and O–H groups in total. The summed E-state index contributed by atoms with van der Waals surface area (Å²) < 4.78 is 0. The lowest BCUT2D eigenvalue weighted by Gasteiger charge is -2.32. The van der Waals surface area contributed by atoms with E-state index in [1.807, 2.05) is 0 Å². The zero-order valence-corrected chi connectivity index (χ0v) is 11.2. The van der Waals surface area contributed by atoms with E-state index in [1.165, 1.54) is 24.0 Å². The average molecular weight is 259 g/mol. The van der Waals surface area contributed by atoms with Crippen LogP contribution >= 0.6 is 0 Å². The minimum atomic E-state index is -0.652. The number of hydrogen-bond acceptors (Lipinski definition) is 2. The Morgan fingerprint density at radius 3 is 2.84 bits per heavy atom. The van der Waals surface area contributed by atoms with Crippen LogP contribution in [0.4, 0.5) is 0 Å². The third-order valence-corrected chi connectivity index (χ3v) is 4.62. The Morgan fingerprint density at radius 1 is 1.26 bits per heavy atom. The molecule has 0 radical (unpaired) electrons. The van der Waals surface area contributed by atoms with Gasteiger partial charge in [-0.05, 0) is 49.3 Å². The normalized spacial score (nSPS) is 27.2. The third kappa shape index (κ3) is 2.81. The zero-order valence-electron chi connectivity index (χ0n) is 11.2. The van der Waals surface area contributed by atoms with Crippen LogP contribution in [0.3, 0.4) is 0 Å². The summed E-state index contributed by atoms with van der Waals surface area (Å²) in [6.45, 7) is 2.05. The Morgan fingerprint density at radius 2 is 2.05 bits per heavy atom. The van der Waals surface area contributed by atoms with Gasteiger partial charge in [0.1, 0.15) is 0 Å². The lowest BCUT2D eigenvalue weighted by molar-refractivity contribution is -0.138. The molecule has 1 heterocycles. The molecule has 1 aliphatic carbocycles. The maximum absolute atomic E-state index is 10.8. The summed E-state index contributed by atoms with van der Waals surface area (Å²) in [5.74, 6) is -0.296. The Hall–Kier alpha value is -1.35. The van der Waals surface area contributed by atoms with Crippen LogP contribution < -0.4 is 0 Å². The molecule has 19 heavy (non-hydrogen) atoms. The monoisotopic (exact) mass is 259 g/mol. The van der Waals surface area contributed by atoms with Crippen LogP contribution in [-0.4, -0.2) is 35.1 Å². The summed E-state index contributed by atoms with van der Waals surface area (Å²) in [6, 6.07) is 9.35. The van der Waals surface area contributed by atoms with Crippen molar-refractivity contribution < 1.29 is 9.90 Å². The van der Waals surface area contributed by atoms with Crippen molar-refractivity contribution in [2.24, 2.45) is 5.92 Å². The van der Waals surface area contributed by atoms with Crippen molar-refractivity contribution in [2.45, 2.75) is 38.1 Å². The van der Waals surface area contributed by atoms with Crippen LogP contribution in [0.15, 0.2) is 24.3 Å². The van der Waals surface area contributed by atoms with Gasteiger partial charge in [0.2, 0.25) is 0 Å². The smallest absolute Gasteiger partial charge is 0.303 e. The number of carbonyl (C=O) groups is 1. The predicted octanol–water partition coefficient (Wildman–Crippen LogP) is 2.34. The molecule has 0 amide bonds. The van der Waals surface area contributed by atoms with E-state index >= 15 is 0 Å². The van der Waals surface area contributed by atoms with Crippen molar-refractivity contribution in [3.8, 4) is 0 Å². The van der Waals surface area contributed by atoms with Crippen LogP contribution in [0.1, 0.15) is 30.4 Å². The summed E-state index contributed by atoms with van der Waals surface area (Å²) in [7, 11) is 0. The first-order valence-electron chi connectivity index (χ1n) is 7.25. The highest BCUT2D eigenvalue weighted by Crippen LogP contribution is 2.29. The van der Waals surface area contributed by atoms with Crippen LogP contribution in [0, 0.1) is 5.92 Å². The standard InChI is InChI=1S/C16H21NO2/c18-16(19)9-12-7-8-17(11-12)15-6-5-13-3-1-2-4-14(13)10-15/h1-4,12,15H,5-11H2,(H,18,19). The quantitative estimate of drug-likeness (QED) is 0.905. The van der Waals surface area contributed by atoms with Gasteiger partial charge in [-0.1, -0.05) is 24.3 Å². The third-order valence-electron chi connectivity index (χ3n) is 4.62. The lowest BCUT2D eigenvalue weighted by atomic mass is 9.87. The van der Waals surface area contributed by atoms with Crippen LogP contribution in [0.25, 0.3) is 0 Å². The van der Waals surface area contributed by atoms with Crippen molar-refractivity contribution in [3.05, 3.63) is 35.4 Å². The van der Waals surface area contributed by atoms with E-state index in [-0.39, 0.29) is 0 Å². The second-order valence-electron chi connectivity index (χ2n) is 5.91. The molecule has 0 spiro atoms. The summed E-state index contributed by atoms with van der Waals surface area (Å²) in [4.78, 5) is 13.3. The van der Waals surface area contributed by atoms with Crippen molar-refractivity contribution >= 4 is 5.97 Å². The lowest BCUT2D eigenvalue weighted by Crippen LogP contribution is -2.37. The maximum atomic E-state index is 10.8. The first kappa shape index (κ1) is 12.7. The molecule has 1 aromatic rings. The van der Waals surface area contributed by atoms with E-state index in [9.17, 15) is 4.79 Å². The number of aliphatic carboxylic acids is 1. The van der Waals surface area contributed by atoms with Crippen LogP contribution in [-0.2, 0) is 17.6 Å². The molecule has 2 aliphatic rings. The second kappa shape index (κ2) is 5.33. The maximum Gasteiger partial charge on any atom is 0.303 e. The number of hydrogen-bond donors (Lipinski definition) is 1. The van der Waals surface area contributed by atoms with Crippen molar-refractivity contribution in [1.29, 1.82) is 0 Å². The molecule has 0 aromatic heterocycles. The van der Waals surface area contributed by atoms with E-state index < -0.39 is 5.97 Å². The Bertz CT molecular complexity index is 472. The van der Waals surface area contributed by atoms with Gasteiger partial charge in [-0.25, -0.2) is 0 Å². The number of carboxylic acid groups (broad SMARTS) is 1. The molecule has 3 heteroatoms. The van der Waals surface area contributed by atoms with E-state index in [0.29, 0.717) is 18.4 Å². The van der Waals surface area contributed by atoms with Gasteiger partial charge < -0.3 is 5.11 Å². The number of aryl methyl sites for hydroxylation is 1. The number of likely N-dealkylation sites (tertiary alicyclic amines) is 1. The molecular weight excluding hydrogens is 238 g/mol. The first-order chi connectivity index (χ1) is 9.22. The fraction of sp³-hybridized carbons (Fsp3) is 0.562. The number of nitrogens with zero attached hydrogens (tertiary/aromatic N) is 1. The number of carboxylic acids is 1. The number of rotatable bonds is 3. The highest BCUT2D eigenvalue weighted by atomic mass is 16.4. The molecule has 2 atom stereocenters. The van der Waals surface area contributed by atoms with Gasteiger partial charge in [0.25, 0.3) is 0 Å². The van der Waals surface area contributed by atoms with Gasteiger partial charge in [0.15, 0.2) is 0 Å². The molecule has 1 fully saturated rings. The van der Waals surface area contributed by atoms with E-state index in [2.05, 4.69) is 29.2 Å². The molecular formula is C16H21NO2. The summed E-state index contributed by atoms with van der Waals surface area (Å²) in [5, 5.41) is 8.88. The minimum absolute atomic E-state index is 0.333. The second-order valence-corrected chi connectivity index (χ2v) is 5.91. The average Bonchev–Trinajstić information content (AvgIpc) is 2.86. The molecule has 0 saturated carbocycles. The fourth-order valence-corrected chi connectivity index (χ4v) is 3.60. The van der Waals surface area contributed by atoms with Gasteiger partial charge >= 0.3 is 5.97 Å². The summed E-state index contributed by atoms with van der Waals surface area (Å²) in [6.07, 6.45) is 4.90. The van der Waals surface area contributed by atoms with Crippen molar-refractivity contribution in [3.63, 3.8) is 0 Å². The largest absolute Gasteiger partial charge is 0.481 e. The van der Waals surface area contributed by atoms with Gasteiger partial charge in [-0.3, -0.25) is 9.69 Å². The SMILES string of the molecule is O=C(O)CC1CCN(C2CCc3ccccc3C2)C1. The highest BCUT2D eigenvalue weighted by molar-refractivity contribution is 5.67. The predicted molar refractivity (Wildman–Crippen MR) is 74.2 cm³/mol. The summed E-state index contributed by atoms with van der Waals surface area (Å²) >= 11 is 0. The molecule has 3 nitrogen and oxygen atoms in total. The fourth-order valence-electron chi connectivity index (χ4n) is 3.60. The summed E-state index contributed by atoms with van der Waals surface area (Å²) in [5.41, 5.74) is 2.99. The molecule has 2 unspecified atom stereocenters. The van der Waals surface area contributed by atoms with E-state index in [1.54, 1.807) is 0 Å². The Kier molecular flexibility index (Phi) is 3.56. The topological polar surface area (TPSA) is 40.5 Å². The van der Waals surface area contributed by atoms with Crippen LogP contribution in [0.2, 0.25) is 0 Å². The Balaban J connectivity index is 1.62. The number of fused-ring (bicyclic) bond motifs is 1. The van der Waals surface area contributed by atoms with E-state index in [0.717, 1.165) is 25.9 Å². The van der Waals surface area contributed by atoms with Gasteiger partial charge in [-0.15, -0.1) is 0 Å². The highest BCUT2D eigenvalue weighted by Gasteiger charge is 2.31. The van der Waals surface area contributed by atoms with Crippen LogP contribution in [0.5, 0.6) is 0 Å². The Labute approximate surface area is 114 Å². The molecule has 3 rings (SSSR count). The van der Waals surface area contributed by atoms with Gasteiger partial charge in [-0.2, -0.15) is 0 Å². The molecule has 1 saturated heterocycles. The molecule has 1 aliphatic heterocycles. The molecule has 1 aromatic carbocycles. The number of benzene rings is 1. The molecule has 0 bridgehead atoms. The first-order valence-corrected chi connectivity index (χ1v) is 7.25. The molecule has 102 valence electrons. The zero-order chi connectivity index (χ0) is 13.2. The van der Waals surface area contributed by atoms with Crippen molar-refractivity contribution in [1.82, 2.24) is 4.90 Å². The van der Waals surface area contributed by atoms with Gasteiger partial charge in [0, 0.05) is 19.0 Å².